The number of benzene rings is 4. The van der Waals surface area contributed by atoms with Gasteiger partial charge in [0.2, 0.25) is 0 Å². The molecule has 8 rings (SSSR count). The van der Waals surface area contributed by atoms with Crippen LogP contribution in [0.5, 0.6) is 0 Å². The summed E-state index contributed by atoms with van der Waals surface area (Å²) in [5.74, 6) is 0. The molecule has 41 heavy (non-hydrogen) atoms. The molecule has 0 unspecified atom stereocenters. The molecule has 0 spiro atoms. The first-order chi connectivity index (χ1) is 20.3. The second kappa shape index (κ2) is 9.50. The van der Waals surface area contributed by atoms with Crippen LogP contribution >= 0.6 is 0 Å². The summed E-state index contributed by atoms with van der Waals surface area (Å²) in [4.78, 5) is 21.7. The van der Waals surface area contributed by atoms with Gasteiger partial charge in [0.15, 0.2) is 0 Å². The highest BCUT2D eigenvalue weighted by atomic mass is 15.2. The van der Waals surface area contributed by atoms with Crippen molar-refractivity contribution in [1.29, 1.82) is 0 Å². The summed E-state index contributed by atoms with van der Waals surface area (Å²) in [5.41, 5.74) is 8.80. The molecule has 0 fully saturated rings. The Hall–Kier alpha value is -5.68. The van der Waals surface area contributed by atoms with Crippen LogP contribution in [0.15, 0.2) is 140 Å². The highest BCUT2D eigenvalue weighted by Gasteiger charge is 2.23. The summed E-state index contributed by atoms with van der Waals surface area (Å²) in [7, 11) is 0. The summed E-state index contributed by atoms with van der Waals surface area (Å²) in [6, 6.07) is 39.5. The fourth-order valence-electron chi connectivity index (χ4n) is 5.76. The zero-order valence-corrected chi connectivity index (χ0v) is 22.0. The first-order valence-electron chi connectivity index (χ1n) is 13.6. The fourth-order valence-corrected chi connectivity index (χ4v) is 5.76. The Kier molecular flexibility index (Phi) is 5.38. The maximum Gasteiger partial charge on any atom is 0.0956 e. The van der Waals surface area contributed by atoms with Crippen LogP contribution in [0, 0.1) is 0 Å². The monoisotopic (exact) mass is 525 g/mol. The van der Waals surface area contributed by atoms with Crippen molar-refractivity contribution >= 4 is 60.7 Å². The molecule has 192 valence electrons. The van der Waals surface area contributed by atoms with Gasteiger partial charge in [-0.15, -0.1) is 0 Å². The van der Waals surface area contributed by atoms with E-state index in [1.165, 1.54) is 0 Å². The molecule has 0 aliphatic rings. The predicted molar refractivity (Wildman–Crippen MR) is 168 cm³/mol. The van der Waals surface area contributed by atoms with Gasteiger partial charge in [-0.3, -0.25) is 19.9 Å². The van der Waals surface area contributed by atoms with Crippen LogP contribution in [0.2, 0.25) is 0 Å². The van der Waals surface area contributed by atoms with Gasteiger partial charge in [-0.1, -0.05) is 60.7 Å². The summed E-state index contributed by atoms with van der Waals surface area (Å²) < 4.78 is 0. The van der Waals surface area contributed by atoms with Gasteiger partial charge in [0, 0.05) is 51.4 Å². The van der Waals surface area contributed by atoms with Gasteiger partial charge in [-0.2, -0.15) is 0 Å². The molecule has 0 N–H and O–H groups in total. The average Bonchev–Trinajstić information content (AvgIpc) is 3.04. The lowest BCUT2D eigenvalue weighted by atomic mass is 9.94. The van der Waals surface area contributed by atoms with E-state index in [1.54, 1.807) is 0 Å². The van der Waals surface area contributed by atoms with Crippen LogP contribution in [-0.4, -0.2) is 19.9 Å². The zero-order valence-electron chi connectivity index (χ0n) is 22.0. The average molecular weight is 526 g/mol. The Labute approximate surface area is 236 Å². The zero-order chi connectivity index (χ0) is 27.2. The van der Waals surface area contributed by atoms with Crippen LogP contribution in [0.25, 0.3) is 54.7 Å². The van der Waals surface area contributed by atoms with Gasteiger partial charge in [0.05, 0.1) is 39.6 Å². The second-order valence-corrected chi connectivity index (χ2v) is 9.99. The Bertz CT molecular complexity index is 2160. The van der Waals surface area contributed by atoms with Crippen molar-refractivity contribution in [2.24, 2.45) is 0 Å². The minimum atomic E-state index is 0.899. The van der Waals surface area contributed by atoms with Crippen molar-refractivity contribution < 1.29 is 0 Å². The molecule has 0 atom stereocenters. The predicted octanol–water partition coefficient (Wildman–Crippen LogP) is 9.02. The first-order valence-corrected chi connectivity index (χ1v) is 13.6. The third kappa shape index (κ3) is 3.86. The fraction of sp³-hybridized carbons (Fsp3) is 0. The van der Waals surface area contributed by atoms with Crippen LogP contribution in [0.1, 0.15) is 0 Å². The molecule has 5 heteroatoms. The van der Waals surface area contributed by atoms with Gasteiger partial charge in [0.1, 0.15) is 0 Å². The van der Waals surface area contributed by atoms with E-state index in [0.29, 0.717) is 0 Å². The molecule has 0 radical (unpaired) electrons. The third-order valence-corrected chi connectivity index (χ3v) is 7.55. The van der Waals surface area contributed by atoms with Crippen molar-refractivity contribution in [2.45, 2.75) is 0 Å². The second-order valence-electron chi connectivity index (χ2n) is 9.99. The lowest BCUT2D eigenvalue weighted by Crippen LogP contribution is -2.12. The third-order valence-electron chi connectivity index (χ3n) is 7.55. The Balaban J connectivity index is 1.47. The van der Waals surface area contributed by atoms with E-state index in [2.05, 4.69) is 94.8 Å². The maximum absolute atomic E-state index is 4.99. The minimum Gasteiger partial charge on any atom is -0.306 e. The molecule has 0 amide bonds. The highest BCUT2D eigenvalue weighted by Crippen LogP contribution is 2.46. The molecule has 4 aromatic carbocycles. The quantitative estimate of drug-likeness (QED) is 0.215. The Morgan fingerprint density at radius 1 is 0.463 bits per heavy atom. The number of fused-ring (bicyclic) bond motifs is 4. The number of hydrogen-bond acceptors (Lipinski definition) is 5. The van der Waals surface area contributed by atoms with Crippen molar-refractivity contribution in [1.82, 2.24) is 19.9 Å². The smallest absolute Gasteiger partial charge is 0.0956 e. The maximum atomic E-state index is 4.99. The van der Waals surface area contributed by atoms with Crippen LogP contribution in [0.3, 0.4) is 0 Å². The van der Waals surface area contributed by atoms with Crippen LogP contribution < -0.4 is 4.90 Å². The lowest BCUT2D eigenvalue weighted by molar-refractivity contribution is 1.26. The summed E-state index contributed by atoms with van der Waals surface area (Å²) in [6.07, 6.45) is 7.50. The summed E-state index contributed by atoms with van der Waals surface area (Å²) in [6.45, 7) is 0. The van der Waals surface area contributed by atoms with E-state index >= 15 is 0 Å². The van der Waals surface area contributed by atoms with Crippen molar-refractivity contribution in [3.63, 3.8) is 0 Å². The molecule has 0 aliphatic heterocycles. The molecule has 0 bridgehead atoms. The first kappa shape index (κ1) is 23.2. The summed E-state index contributed by atoms with van der Waals surface area (Å²) >= 11 is 0. The number of hydrogen-bond donors (Lipinski definition) is 0. The number of nitrogens with zero attached hydrogens (tertiary/aromatic N) is 5. The number of aromatic nitrogens is 4. The summed E-state index contributed by atoms with van der Waals surface area (Å²) in [5, 5.41) is 4.16. The lowest BCUT2D eigenvalue weighted by Gasteiger charge is -2.28. The van der Waals surface area contributed by atoms with Gasteiger partial charge < -0.3 is 4.90 Å². The molecule has 8 aromatic rings. The molecule has 5 nitrogen and oxygen atoms in total. The molecule has 4 heterocycles. The normalized spacial score (nSPS) is 11.4. The van der Waals surface area contributed by atoms with E-state index in [1.807, 2.05) is 55.1 Å². The van der Waals surface area contributed by atoms with E-state index < -0.39 is 0 Å². The number of pyridine rings is 4. The number of para-hydroxylation sites is 1. The van der Waals surface area contributed by atoms with Gasteiger partial charge >= 0.3 is 0 Å². The van der Waals surface area contributed by atoms with E-state index in [-0.39, 0.29) is 0 Å². The van der Waals surface area contributed by atoms with E-state index in [0.717, 1.165) is 71.8 Å². The van der Waals surface area contributed by atoms with Crippen molar-refractivity contribution in [2.75, 3.05) is 4.90 Å². The number of rotatable bonds is 4. The van der Waals surface area contributed by atoms with Crippen LogP contribution in [-0.2, 0) is 0 Å². The molecular formula is C36H23N5. The highest BCUT2D eigenvalue weighted by molar-refractivity contribution is 6.20. The Morgan fingerprint density at radius 2 is 1.12 bits per heavy atom. The standard InChI is InChI=1S/C36H23N5/c1-3-10-24(11-4-1)33-29-15-8-19-39-35(29)36(30-16-9-18-38-34(30)33)41(27-13-5-2-6-14-27)28-20-26-22-31-25(12-7-17-37-31)21-32(26)40-23-28/h1-23H. The molecule has 0 saturated carbocycles. The number of anilines is 3. The SMILES string of the molecule is c1ccc(-c2c3cccnc3c(N(c3ccccc3)c3cnc4cc5cccnc5cc4c3)c3cccnc23)cc1. The van der Waals surface area contributed by atoms with Gasteiger partial charge in [-0.05, 0) is 60.2 Å². The molecular weight excluding hydrogens is 502 g/mol. The van der Waals surface area contributed by atoms with E-state index in [9.17, 15) is 0 Å². The van der Waals surface area contributed by atoms with Gasteiger partial charge in [-0.25, -0.2) is 0 Å². The van der Waals surface area contributed by atoms with Crippen molar-refractivity contribution in [3.05, 3.63) is 140 Å². The minimum absolute atomic E-state index is 0.899. The topological polar surface area (TPSA) is 54.8 Å². The molecule has 0 aliphatic carbocycles. The Morgan fingerprint density at radius 3 is 1.95 bits per heavy atom. The van der Waals surface area contributed by atoms with Crippen molar-refractivity contribution in [3.8, 4) is 11.1 Å². The van der Waals surface area contributed by atoms with E-state index in [4.69, 9.17) is 15.0 Å². The van der Waals surface area contributed by atoms with Gasteiger partial charge in [0.25, 0.3) is 0 Å². The molecule has 4 aromatic heterocycles. The molecule has 0 saturated heterocycles. The largest absolute Gasteiger partial charge is 0.306 e. The van der Waals surface area contributed by atoms with Crippen LogP contribution in [0.4, 0.5) is 17.1 Å².